The smallest absolute Gasteiger partial charge is 0.310 e. The fourth-order valence-corrected chi connectivity index (χ4v) is 4.79. The standard InChI is InChI=1S/C32H35NO4/c1-3-4-5-24-6-8-28(9-7-24)30(34)33-29-16-14-27(15-17-29)26-12-10-25(11-13-26)23(2)22-32(31(35)36)18-20-37-21-19-32/h6-17H,2-5,18-22H2,1H3,(H,33,34)(H,35,36). The van der Waals surface area contributed by atoms with Gasteiger partial charge in [0.05, 0.1) is 5.41 Å². The first kappa shape index (κ1) is 26.4. The number of hydrogen-bond donors (Lipinski definition) is 2. The number of ether oxygens (including phenoxy) is 1. The van der Waals surface area contributed by atoms with E-state index in [0.29, 0.717) is 38.0 Å². The molecule has 1 aliphatic rings. The summed E-state index contributed by atoms with van der Waals surface area (Å²) >= 11 is 0. The monoisotopic (exact) mass is 497 g/mol. The zero-order valence-electron chi connectivity index (χ0n) is 21.5. The number of carbonyl (C=O) groups is 2. The molecule has 37 heavy (non-hydrogen) atoms. The van der Waals surface area contributed by atoms with E-state index in [1.165, 1.54) is 5.56 Å². The number of hydrogen-bond acceptors (Lipinski definition) is 3. The molecule has 0 aromatic heterocycles. The molecule has 4 rings (SSSR count). The van der Waals surface area contributed by atoms with E-state index in [-0.39, 0.29) is 5.91 Å². The molecule has 0 bridgehead atoms. The third-order valence-electron chi connectivity index (χ3n) is 7.26. The molecule has 1 fully saturated rings. The summed E-state index contributed by atoms with van der Waals surface area (Å²) in [5, 5.41) is 12.8. The Hall–Kier alpha value is -3.70. The van der Waals surface area contributed by atoms with Crippen LogP contribution in [0.25, 0.3) is 16.7 Å². The predicted octanol–water partition coefficient (Wildman–Crippen LogP) is 7.23. The number of amides is 1. The minimum absolute atomic E-state index is 0.124. The summed E-state index contributed by atoms with van der Waals surface area (Å²) in [4.78, 5) is 24.6. The summed E-state index contributed by atoms with van der Waals surface area (Å²) in [6, 6.07) is 23.6. The normalized spacial score (nSPS) is 14.6. The van der Waals surface area contributed by atoms with E-state index >= 15 is 0 Å². The molecule has 0 saturated carbocycles. The molecule has 3 aromatic rings. The van der Waals surface area contributed by atoms with Gasteiger partial charge >= 0.3 is 5.97 Å². The van der Waals surface area contributed by atoms with Gasteiger partial charge in [0.2, 0.25) is 0 Å². The molecule has 1 saturated heterocycles. The van der Waals surface area contributed by atoms with E-state index in [9.17, 15) is 14.7 Å². The van der Waals surface area contributed by atoms with Crippen molar-refractivity contribution in [1.82, 2.24) is 0 Å². The highest BCUT2D eigenvalue weighted by Gasteiger charge is 2.40. The van der Waals surface area contributed by atoms with Crippen LogP contribution >= 0.6 is 0 Å². The Morgan fingerprint density at radius 3 is 2.03 bits per heavy atom. The number of aliphatic carboxylic acids is 1. The quantitative estimate of drug-likeness (QED) is 0.310. The first-order chi connectivity index (χ1) is 17.9. The van der Waals surface area contributed by atoms with Crippen LogP contribution in [0.4, 0.5) is 5.69 Å². The lowest BCUT2D eigenvalue weighted by Gasteiger charge is -2.33. The number of rotatable bonds is 10. The van der Waals surface area contributed by atoms with E-state index in [4.69, 9.17) is 4.74 Å². The van der Waals surface area contributed by atoms with Crippen LogP contribution in [0.3, 0.4) is 0 Å². The average molecular weight is 498 g/mol. The topological polar surface area (TPSA) is 75.6 Å². The number of carboxylic acid groups (broad SMARTS) is 1. The lowest BCUT2D eigenvalue weighted by atomic mass is 9.74. The Labute approximate surface area is 219 Å². The van der Waals surface area contributed by atoms with Gasteiger partial charge in [-0.25, -0.2) is 0 Å². The van der Waals surface area contributed by atoms with Gasteiger partial charge in [0.15, 0.2) is 0 Å². The van der Waals surface area contributed by atoms with Crippen molar-refractivity contribution < 1.29 is 19.4 Å². The Balaban J connectivity index is 1.37. The third kappa shape index (κ3) is 6.55. The maximum atomic E-state index is 12.6. The van der Waals surface area contributed by atoms with Gasteiger partial charge in [-0.05, 0) is 84.2 Å². The summed E-state index contributed by atoms with van der Waals surface area (Å²) in [5.74, 6) is -0.897. The minimum Gasteiger partial charge on any atom is -0.481 e. The van der Waals surface area contributed by atoms with Gasteiger partial charge in [-0.1, -0.05) is 68.5 Å². The number of carboxylic acids is 1. The van der Waals surface area contributed by atoms with E-state index in [1.54, 1.807) is 0 Å². The molecule has 192 valence electrons. The van der Waals surface area contributed by atoms with E-state index in [0.717, 1.165) is 47.2 Å². The number of benzene rings is 3. The number of carbonyl (C=O) groups excluding carboxylic acids is 1. The second-order valence-electron chi connectivity index (χ2n) is 9.89. The third-order valence-corrected chi connectivity index (χ3v) is 7.26. The predicted molar refractivity (Wildman–Crippen MR) is 149 cm³/mol. The van der Waals surface area contributed by atoms with Gasteiger partial charge in [-0.3, -0.25) is 9.59 Å². The van der Waals surface area contributed by atoms with Crippen LogP contribution in [0, 0.1) is 5.41 Å². The Kier molecular flexibility index (Phi) is 8.57. The van der Waals surface area contributed by atoms with Gasteiger partial charge in [-0.2, -0.15) is 0 Å². The van der Waals surface area contributed by atoms with Crippen molar-refractivity contribution in [1.29, 1.82) is 0 Å². The van der Waals surface area contributed by atoms with E-state index in [1.807, 2.05) is 72.8 Å². The number of nitrogens with one attached hydrogen (secondary N) is 1. The molecule has 0 atom stereocenters. The van der Waals surface area contributed by atoms with Crippen molar-refractivity contribution >= 4 is 23.1 Å². The van der Waals surface area contributed by atoms with Gasteiger partial charge in [-0.15, -0.1) is 0 Å². The molecule has 5 heteroatoms. The molecular formula is C32H35NO4. The van der Waals surface area contributed by atoms with Crippen LogP contribution in [-0.2, 0) is 16.0 Å². The van der Waals surface area contributed by atoms with Crippen LogP contribution in [0.15, 0.2) is 79.4 Å². The molecule has 1 aliphatic heterocycles. The average Bonchev–Trinajstić information content (AvgIpc) is 2.93. The number of allylic oxidation sites excluding steroid dienone is 1. The highest BCUT2D eigenvalue weighted by molar-refractivity contribution is 6.04. The number of unbranched alkanes of at least 4 members (excludes halogenated alkanes) is 1. The molecule has 0 spiro atoms. The molecule has 1 heterocycles. The summed E-state index contributed by atoms with van der Waals surface area (Å²) in [6.07, 6.45) is 4.77. The molecule has 3 aromatic carbocycles. The minimum atomic E-state index is -0.800. The fourth-order valence-electron chi connectivity index (χ4n) is 4.79. The van der Waals surface area contributed by atoms with Crippen molar-refractivity contribution in [3.8, 4) is 11.1 Å². The Morgan fingerprint density at radius 1 is 0.892 bits per heavy atom. The fraction of sp³-hybridized carbons (Fsp3) is 0.312. The Morgan fingerprint density at radius 2 is 1.46 bits per heavy atom. The molecule has 0 unspecified atom stereocenters. The van der Waals surface area contributed by atoms with Crippen molar-refractivity contribution in [2.45, 2.75) is 45.4 Å². The molecule has 5 nitrogen and oxygen atoms in total. The zero-order chi connectivity index (χ0) is 26.3. The first-order valence-corrected chi connectivity index (χ1v) is 13.0. The summed E-state index contributed by atoms with van der Waals surface area (Å²) in [6.45, 7) is 7.30. The SMILES string of the molecule is C=C(CC1(C(=O)O)CCOCC1)c1ccc(-c2ccc(NC(=O)c3ccc(CCCC)cc3)cc2)cc1. The molecule has 0 radical (unpaired) electrons. The molecule has 1 amide bonds. The van der Waals surface area contributed by atoms with Gasteiger partial charge < -0.3 is 15.2 Å². The number of anilines is 1. The molecular weight excluding hydrogens is 462 g/mol. The summed E-state index contributed by atoms with van der Waals surface area (Å²) < 4.78 is 5.38. The maximum absolute atomic E-state index is 12.6. The van der Waals surface area contributed by atoms with Crippen LogP contribution in [0.1, 0.15) is 60.5 Å². The van der Waals surface area contributed by atoms with E-state index < -0.39 is 11.4 Å². The van der Waals surface area contributed by atoms with Gasteiger partial charge in [0.25, 0.3) is 5.91 Å². The van der Waals surface area contributed by atoms with Crippen molar-refractivity contribution in [3.05, 3.63) is 96.1 Å². The van der Waals surface area contributed by atoms with Crippen molar-refractivity contribution in [3.63, 3.8) is 0 Å². The number of aryl methyl sites for hydroxylation is 1. The second-order valence-corrected chi connectivity index (χ2v) is 9.89. The van der Waals surface area contributed by atoms with Crippen LogP contribution in [0.2, 0.25) is 0 Å². The Bertz CT molecular complexity index is 1220. The molecule has 0 aliphatic carbocycles. The lowest BCUT2D eigenvalue weighted by Crippen LogP contribution is -2.37. The van der Waals surface area contributed by atoms with Gasteiger partial charge in [0, 0.05) is 24.5 Å². The first-order valence-electron chi connectivity index (χ1n) is 13.0. The zero-order valence-corrected chi connectivity index (χ0v) is 21.5. The summed E-state index contributed by atoms with van der Waals surface area (Å²) in [5.41, 5.74) is 5.67. The van der Waals surface area contributed by atoms with Crippen LogP contribution < -0.4 is 5.32 Å². The summed E-state index contributed by atoms with van der Waals surface area (Å²) in [7, 11) is 0. The molecule has 2 N–H and O–H groups in total. The van der Waals surface area contributed by atoms with Crippen LogP contribution in [0.5, 0.6) is 0 Å². The highest BCUT2D eigenvalue weighted by Crippen LogP contribution is 2.39. The van der Waals surface area contributed by atoms with Crippen LogP contribution in [-0.4, -0.2) is 30.2 Å². The van der Waals surface area contributed by atoms with Crippen molar-refractivity contribution in [2.24, 2.45) is 5.41 Å². The highest BCUT2D eigenvalue weighted by atomic mass is 16.5. The van der Waals surface area contributed by atoms with Crippen molar-refractivity contribution in [2.75, 3.05) is 18.5 Å². The lowest BCUT2D eigenvalue weighted by molar-refractivity contribution is -0.154. The van der Waals surface area contributed by atoms with Gasteiger partial charge in [0.1, 0.15) is 0 Å². The largest absolute Gasteiger partial charge is 0.481 e. The maximum Gasteiger partial charge on any atom is 0.310 e. The van der Waals surface area contributed by atoms with E-state index in [2.05, 4.69) is 18.8 Å². The second kappa shape index (κ2) is 12.0.